The maximum absolute atomic E-state index is 11.5. The summed E-state index contributed by atoms with van der Waals surface area (Å²) >= 11 is 0. The molecule has 84 valence electrons. The zero-order valence-corrected chi connectivity index (χ0v) is 8.89. The zero-order valence-electron chi connectivity index (χ0n) is 8.89. The van der Waals surface area contributed by atoms with Crippen molar-refractivity contribution in [3.63, 3.8) is 0 Å². The quantitative estimate of drug-likeness (QED) is 0.656. The SMILES string of the molecule is CCC(CN)C(=O)NCCn1ccnn1. The van der Waals surface area contributed by atoms with Crippen LogP contribution in [0.5, 0.6) is 0 Å². The Morgan fingerprint density at radius 3 is 3.00 bits per heavy atom. The van der Waals surface area contributed by atoms with E-state index in [2.05, 4.69) is 15.6 Å². The van der Waals surface area contributed by atoms with Crippen molar-refractivity contribution in [3.05, 3.63) is 12.4 Å². The van der Waals surface area contributed by atoms with Crippen molar-refractivity contribution in [1.29, 1.82) is 0 Å². The lowest BCUT2D eigenvalue weighted by atomic mass is 10.1. The van der Waals surface area contributed by atoms with Crippen LogP contribution in [0.1, 0.15) is 13.3 Å². The highest BCUT2D eigenvalue weighted by Gasteiger charge is 2.13. The normalized spacial score (nSPS) is 12.4. The molecule has 0 bridgehead atoms. The van der Waals surface area contributed by atoms with Crippen LogP contribution in [0.3, 0.4) is 0 Å². The number of nitrogens with two attached hydrogens (primary N) is 1. The molecule has 0 radical (unpaired) electrons. The van der Waals surface area contributed by atoms with E-state index >= 15 is 0 Å². The second kappa shape index (κ2) is 6.13. The third kappa shape index (κ3) is 3.67. The number of aromatic nitrogens is 3. The summed E-state index contributed by atoms with van der Waals surface area (Å²) in [5.74, 6) is -0.0686. The molecule has 1 aromatic rings. The molecule has 15 heavy (non-hydrogen) atoms. The van der Waals surface area contributed by atoms with Crippen molar-refractivity contribution in [2.75, 3.05) is 13.1 Å². The Balaban J connectivity index is 2.22. The number of carbonyl (C=O) groups excluding carboxylic acids is 1. The van der Waals surface area contributed by atoms with Crippen LogP contribution in [0.2, 0.25) is 0 Å². The molecular formula is C9H17N5O. The lowest BCUT2D eigenvalue weighted by molar-refractivity contribution is -0.124. The maximum atomic E-state index is 11.5. The summed E-state index contributed by atoms with van der Waals surface area (Å²) in [6, 6.07) is 0. The average Bonchev–Trinajstić information content (AvgIpc) is 2.72. The molecule has 1 heterocycles. The highest BCUT2D eigenvalue weighted by Crippen LogP contribution is 1.98. The molecule has 0 aliphatic heterocycles. The molecule has 1 rings (SSSR count). The molecule has 1 unspecified atom stereocenters. The molecule has 6 nitrogen and oxygen atoms in total. The van der Waals surface area contributed by atoms with E-state index in [1.807, 2.05) is 6.92 Å². The van der Waals surface area contributed by atoms with Gasteiger partial charge >= 0.3 is 0 Å². The summed E-state index contributed by atoms with van der Waals surface area (Å²) in [6.07, 6.45) is 4.13. The largest absolute Gasteiger partial charge is 0.354 e. The summed E-state index contributed by atoms with van der Waals surface area (Å²) < 4.78 is 1.67. The molecule has 0 fully saturated rings. The minimum Gasteiger partial charge on any atom is -0.354 e. The van der Waals surface area contributed by atoms with E-state index in [1.165, 1.54) is 0 Å². The highest BCUT2D eigenvalue weighted by atomic mass is 16.1. The Labute approximate surface area is 88.8 Å². The van der Waals surface area contributed by atoms with Crippen molar-refractivity contribution in [1.82, 2.24) is 20.3 Å². The maximum Gasteiger partial charge on any atom is 0.224 e. The number of carbonyl (C=O) groups is 1. The van der Waals surface area contributed by atoms with E-state index < -0.39 is 0 Å². The minimum atomic E-state index is -0.0826. The Bertz CT molecular complexity index is 281. The Morgan fingerprint density at radius 1 is 1.67 bits per heavy atom. The van der Waals surface area contributed by atoms with Gasteiger partial charge < -0.3 is 11.1 Å². The summed E-state index contributed by atoms with van der Waals surface area (Å²) in [5, 5.41) is 10.3. The van der Waals surface area contributed by atoms with Crippen LogP contribution in [-0.4, -0.2) is 34.0 Å². The lowest BCUT2D eigenvalue weighted by Crippen LogP contribution is -2.36. The molecule has 1 amide bonds. The van der Waals surface area contributed by atoms with E-state index in [0.29, 0.717) is 19.6 Å². The van der Waals surface area contributed by atoms with Gasteiger partial charge in [-0.1, -0.05) is 12.1 Å². The van der Waals surface area contributed by atoms with Crippen LogP contribution >= 0.6 is 0 Å². The fourth-order valence-electron chi connectivity index (χ4n) is 1.25. The Kier molecular flexibility index (Phi) is 4.76. The van der Waals surface area contributed by atoms with Gasteiger partial charge in [-0.25, -0.2) is 0 Å². The number of nitrogens with zero attached hydrogens (tertiary/aromatic N) is 3. The Hall–Kier alpha value is -1.43. The van der Waals surface area contributed by atoms with Gasteiger partial charge in [0.25, 0.3) is 0 Å². The first-order valence-corrected chi connectivity index (χ1v) is 5.09. The van der Waals surface area contributed by atoms with Gasteiger partial charge in [0.05, 0.1) is 12.7 Å². The van der Waals surface area contributed by atoms with E-state index in [-0.39, 0.29) is 11.8 Å². The number of hydrogen-bond donors (Lipinski definition) is 2. The molecule has 0 aliphatic rings. The first kappa shape index (κ1) is 11.6. The van der Waals surface area contributed by atoms with Gasteiger partial charge in [0.2, 0.25) is 5.91 Å². The monoisotopic (exact) mass is 211 g/mol. The third-order valence-electron chi connectivity index (χ3n) is 2.26. The van der Waals surface area contributed by atoms with E-state index in [0.717, 1.165) is 6.42 Å². The van der Waals surface area contributed by atoms with Gasteiger partial charge in [-0.3, -0.25) is 9.48 Å². The first-order chi connectivity index (χ1) is 7.27. The second-order valence-corrected chi connectivity index (χ2v) is 3.30. The average molecular weight is 211 g/mol. The van der Waals surface area contributed by atoms with Crippen LogP contribution in [0.4, 0.5) is 0 Å². The number of hydrogen-bond acceptors (Lipinski definition) is 4. The molecule has 0 spiro atoms. The van der Waals surface area contributed by atoms with Crippen molar-refractivity contribution in [2.24, 2.45) is 11.7 Å². The van der Waals surface area contributed by atoms with Gasteiger partial charge in [-0.2, -0.15) is 0 Å². The molecule has 0 aliphatic carbocycles. The fraction of sp³-hybridized carbons (Fsp3) is 0.667. The summed E-state index contributed by atoms with van der Waals surface area (Å²) in [7, 11) is 0. The molecule has 0 saturated carbocycles. The van der Waals surface area contributed by atoms with Gasteiger partial charge in [0.1, 0.15) is 0 Å². The number of amides is 1. The third-order valence-corrected chi connectivity index (χ3v) is 2.26. The van der Waals surface area contributed by atoms with E-state index in [1.54, 1.807) is 17.1 Å². The van der Waals surface area contributed by atoms with Gasteiger partial charge in [0.15, 0.2) is 0 Å². The topological polar surface area (TPSA) is 85.8 Å². The first-order valence-electron chi connectivity index (χ1n) is 5.09. The van der Waals surface area contributed by atoms with Crippen LogP contribution in [0, 0.1) is 5.92 Å². The highest BCUT2D eigenvalue weighted by molar-refractivity contribution is 5.78. The standard InChI is InChI=1S/C9H17N5O/c1-2-8(7-10)9(15)11-3-5-14-6-4-12-13-14/h4,6,8H,2-3,5,7,10H2,1H3,(H,11,15). The van der Waals surface area contributed by atoms with Crippen LogP contribution < -0.4 is 11.1 Å². The van der Waals surface area contributed by atoms with E-state index in [4.69, 9.17) is 5.73 Å². The zero-order chi connectivity index (χ0) is 11.1. The number of rotatable bonds is 6. The predicted octanol–water partition coefficient (Wildman–Crippen LogP) is -0.621. The molecular weight excluding hydrogens is 194 g/mol. The minimum absolute atomic E-state index is 0.0140. The van der Waals surface area contributed by atoms with Crippen LogP contribution in [0.15, 0.2) is 12.4 Å². The smallest absolute Gasteiger partial charge is 0.224 e. The predicted molar refractivity (Wildman–Crippen MR) is 55.9 cm³/mol. The van der Waals surface area contributed by atoms with Crippen molar-refractivity contribution < 1.29 is 4.79 Å². The van der Waals surface area contributed by atoms with Gasteiger partial charge in [0, 0.05) is 25.2 Å². The van der Waals surface area contributed by atoms with Crippen LogP contribution in [0.25, 0.3) is 0 Å². The molecule has 1 atom stereocenters. The summed E-state index contributed by atoms with van der Waals surface area (Å²) in [6.45, 7) is 3.53. The summed E-state index contributed by atoms with van der Waals surface area (Å²) in [4.78, 5) is 11.5. The molecule has 0 saturated heterocycles. The molecule has 3 N–H and O–H groups in total. The number of nitrogens with one attached hydrogen (secondary N) is 1. The summed E-state index contributed by atoms with van der Waals surface area (Å²) in [5.41, 5.74) is 5.46. The van der Waals surface area contributed by atoms with Gasteiger partial charge in [-0.05, 0) is 6.42 Å². The molecule has 1 aromatic heterocycles. The van der Waals surface area contributed by atoms with Crippen molar-refractivity contribution >= 4 is 5.91 Å². The molecule has 0 aromatic carbocycles. The second-order valence-electron chi connectivity index (χ2n) is 3.30. The van der Waals surface area contributed by atoms with E-state index in [9.17, 15) is 4.79 Å². The van der Waals surface area contributed by atoms with Crippen molar-refractivity contribution in [3.8, 4) is 0 Å². The van der Waals surface area contributed by atoms with Crippen molar-refractivity contribution in [2.45, 2.75) is 19.9 Å². The van der Waals surface area contributed by atoms with Crippen LogP contribution in [-0.2, 0) is 11.3 Å². The molecule has 6 heteroatoms. The fourth-order valence-corrected chi connectivity index (χ4v) is 1.25. The Morgan fingerprint density at radius 2 is 2.47 bits per heavy atom. The van der Waals surface area contributed by atoms with Gasteiger partial charge in [-0.15, -0.1) is 5.10 Å². The lowest BCUT2D eigenvalue weighted by Gasteiger charge is -2.12.